The van der Waals surface area contributed by atoms with E-state index >= 15 is 0 Å². The Labute approximate surface area is 175 Å². The molecule has 4 aromatic carbocycles. The van der Waals surface area contributed by atoms with Gasteiger partial charge in [-0.1, -0.05) is 91.0 Å². The molecule has 0 bridgehead atoms. The monoisotopic (exact) mass is 409 g/mol. The minimum Gasteiger partial charge on any atom is -0.353 e. The molecule has 0 radical (unpaired) electrons. The molecule has 0 saturated carbocycles. The molecule has 4 heteroatoms. The van der Waals surface area contributed by atoms with Crippen LogP contribution in [0.15, 0.2) is 119 Å². The van der Waals surface area contributed by atoms with Crippen LogP contribution in [-0.4, -0.2) is 13.4 Å². The third-order valence-electron chi connectivity index (χ3n) is 5.26. The molecular weight excluding hydrogens is 390 g/mol. The fraction of sp³-hybridized carbons (Fsp3) is 0. The van der Waals surface area contributed by atoms with Crippen molar-refractivity contribution in [2.45, 2.75) is 9.79 Å². The van der Waals surface area contributed by atoms with E-state index in [1.807, 2.05) is 97.1 Å². The van der Waals surface area contributed by atoms with Crippen LogP contribution in [0.2, 0.25) is 0 Å². The van der Waals surface area contributed by atoms with Crippen molar-refractivity contribution in [1.29, 1.82) is 0 Å². The summed E-state index contributed by atoms with van der Waals surface area (Å²) >= 11 is 0. The van der Waals surface area contributed by atoms with Crippen LogP contribution in [0, 0.1) is 0 Å². The van der Waals surface area contributed by atoms with E-state index in [0.717, 1.165) is 22.2 Å². The Bertz CT molecular complexity index is 1420. The molecule has 146 valence electrons. The number of sulfone groups is 1. The highest BCUT2D eigenvalue weighted by atomic mass is 32.2. The predicted molar refractivity (Wildman–Crippen MR) is 121 cm³/mol. The van der Waals surface area contributed by atoms with Gasteiger partial charge in [0.05, 0.1) is 10.6 Å². The molecule has 0 unspecified atom stereocenters. The Balaban J connectivity index is 1.68. The fourth-order valence-electron chi connectivity index (χ4n) is 3.78. The highest BCUT2D eigenvalue weighted by Gasteiger charge is 2.27. The summed E-state index contributed by atoms with van der Waals surface area (Å²) in [7, 11) is -3.73. The minimum atomic E-state index is -3.73. The van der Waals surface area contributed by atoms with Gasteiger partial charge in [-0.2, -0.15) is 0 Å². The highest BCUT2D eigenvalue weighted by molar-refractivity contribution is 7.91. The number of fused-ring (bicyclic) bond motifs is 1. The van der Waals surface area contributed by atoms with Gasteiger partial charge in [-0.3, -0.25) is 0 Å². The Morgan fingerprint density at radius 2 is 1.07 bits per heavy atom. The summed E-state index contributed by atoms with van der Waals surface area (Å²) in [6.45, 7) is 0. The van der Waals surface area contributed by atoms with E-state index < -0.39 is 9.84 Å². The van der Waals surface area contributed by atoms with Crippen LogP contribution >= 0.6 is 0 Å². The first-order valence-electron chi connectivity index (χ1n) is 9.71. The molecule has 0 saturated heterocycles. The molecule has 0 spiro atoms. The van der Waals surface area contributed by atoms with E-state index in [0.29, 0.717) is 16.0 Å². The van der Waals surface area contributed by atoms with Crippen LogP contribution in [0.25, 0.3) is 33.3 Å². The maximum absolute atomic E-state index is 13.7. The summed E-state index contributed by atoms with van der Waals surface area (Å²) in [5.41, 5.74) is 4.29. The predicted octanol–water partition coefficient (Wildman–Crippen LogP) is 6.33. The zero-order chi connectivity index (χ0) is 20.6. The zero-order valence-corrected chi connectivity index (χ0v) is 16.9. The van der Waals surface area contributed by atoms with Crippen molar-refractivity contribution >= 4 is 20.7 Å². The van der Waals surface area contributed by atoms with E-state index in [-0.39, 0.29) is 4.90 Å². The van der Waals surface area contributed by atoms with Crippen LogP contribution in [0.4, 0.5) is 0 Å². The van der Waals surface area contributed by atoms with E-state index in [9.17, 15) is 8.42 Å². The second-order valence-corrected chi connectivity index (χ2v) is 9.02. The number of aromatic amines is 1. The molecular formula is C26H19NO2S. The van der Waals surface area contributed by atoms with Crippen LogP contribution in [0.3, 0.4) is 0 Å². The van der Waals surface area contributed by atoms with E-state index in [2.05, 4.69) is 4.98 Å². The second kappa shape index (κ2) is 7.32. The molecule has 30 heavy (non-hydrogen) atoms. The number of hydrogen-bond donors (Lipinski definition) is 1. The Morgan fingerprint density at radius 3 is 1.73 bits per heavy atom. The standard InChI is InChI=1S/C26H19NO2S/c28-30(29,22-17-15-20(16-18-22)19-9-3-1-4-10-19)26-23-13-7-8-14-24(23)27-25(26)21-11-5-2-6-12-21/h1-18,27H. The van der Waals surface area contributed by atoms with Crippen molar-refractivity contribution in [2.75, 3.05) is 0 Å². The van der Waals surface area contributed by atoms with Gasteiger partial charge >= 0.3 is 0 Å². The molecule has 0 aliphatic carbocycles. The number of rotatable bonds is 4. The van der Waals surface area contributed by atoms with Gasteiger partial charge in [-0.05, 0) is 34.9 Å². The highest BCUT2D eigenvalue weighted by Crippen LogP contribution is 2.37. The lowest BCUT2D eigenvalue weighted by atomic mass is 10.1. The Kier molecular flexibility index (Phi) is 4.49. The van der Waals surface area contributed by atoms with Crippen molar-refractivity contribution in [2.24, 2.45) is 0 Å². The molecule has 0 aliphatic rings. The van der Waals surface area contributed by atoms with Crippen LogP contribution in [0.5, 0.6) is 0 Å². The second-order valence-electron chi connectivity index (χ2n) is 7.13. The molecule has 1 aromatic heterocycles. The smallest absolute Gasteiger partial charge is 0.209 e. The minimum absolute atomic E-state index is 0.282. The van der Waals surface area contributed by atoms with Gasteiger partial charge in [0.2, 0.25) is 9.84 Å². The topological polar surface area (TPSA) is 49.9 Å². The largest absolute Gasteiger partial charge is 0.353 e. The Hall–Kier alpha value is -3.63. The average molecular weight is 410 g/mol. The summed E-state index contributed by atoms with van der Waals surface area (Å²) in [5, 5.41) is 0.698. The van der Waals surface area contributed by atoms with Gasteiger partial charge in [-0.25, -0.2) is 8.42 Å². The van der Waals surface area contributed by atoms with Crippen molar-refractivity contribution in [1.82, 2.24) is 4.98 Å². The molecule has 3 nitrogen and oxygen atoms in total. The van der Waals surface area contributed by atoms with Crippen molar-refractivity contribution in [3.8, 4) is 22.4 Å². The van der Waals surface area contributed by atoms with E-state index in [4.69, 9.17) is 0 Å². The molecule has 0 amide bonds. The van der Waals surface area contributed by atoms with E-state index in [1.54, 1.807) is 12.1 Å². The molecule has 0 fully saturated rings. The van der Waals surface area contributed by atoms with Crippen molar-refractivity contribution in [3.05, 3.63) is 109 Å². The van der Waals surface area contributed by atoms with Crippen LogP contribution in [0.1, 0.15) is 0 Å². The SMILES string of the molecule is O=S(=O)(c1ccc(-c2ccccc2)cc1)c1c(-c2ccccc2)[nH]c2ccccc12. The number of aromatic nitrogens is 1. The van der Waals surface area contributed by atoms with Crippen molar-refractivity contribution < 1.29 is 8.42 Å². The molecule has 5 aromatic rings. The molecule has 1 N–H and O–H groups in total. The van der Waals surface area contributed by atoms with Crippen LogP contribution in [-0.2, 0) is 9.84 Å². The number of hydrogen-bond acceptors (Lipinski definition) is 2. The molecule has 1 heterocycles. The number of benzene rings is 4. The van der Waals surface area contributed by atoms with Crippen molar-refractivity contribution in [3.63, 3.8) is 0 Å². The maximum Gasteiger partial charge on any atom is 0.209 e. The zero-order valence-electron chi connectivity index (χ0n) is 16.1. The van der Waals surface area contributed by atoms with Gasteiger partial charge < -0.3 is 4.98 Å². The van der Waals surface area contributed by atoms with Gasteiger partial charge in [-0.15, -0.1) is 0 Å². The summed E-state index contributed by atoms with van der Waals surface area (Å²) in [5.74, 6) is 0. The number of nitrogens with one attached hydrogen (secondary N) is 1. The summed E-state index contributed by atoms with van der Waals surface area (Å²) < 4.78 is 27.5. The summed E-state index contributed by atoms with van der Waals surface area (Å²) in [6, 6.07) is 34.1. The number of H-pyrrole nitrogens is 1. The molecule has 5 rings (SSSR count). The molecule has 0 aliphatic heterocycles. The quantitative estimate of drug-likeness (QED) is 0.377. The average Bonchev–Trinajstić information content (AvgIpc) is 3.21. The van der Waals surface area contributed by atoms with E-state index in [1.165, 1.54) is 0 Å². The first-order chi connectivity index (χ1) is 14.6. The van der Waals surface area contributed by atoms with Gasteiger partial charge in [0.1, 0.15) is 4.90 Å². The fourth-order valence-corrected chi connectivity index (χ4v) is 5.41. The molecule has 0 atom stereocenters. The number of para-hydroxylation sites is 1. The lowest BCUT2D eigenvalue weighted by Crippen LogP contribution is -2.03. The first-order valence-corrected chi connectivity index (χ1v) is 11.2. The first kappa shape index (κ1) is 18.4. The Morgan fingerprint density at radius 1 is 0.533 bits per heavy atom. The third-order valence-corrected chi connectivity index (χ3v) is 7.12. The van der Waals surface area contributed by atoms with Crippen LogP contribution < -0.4 is 0 Å². The summed E-state index contributed by atoms with van der Waals surface area (Å²) in [6.07, 6.45) is 0. The lowest BCUT2D eigenvalue weighted by Gasteiger charge is -2.09. The summed E-state index contributed by atoms with van der Waals surface area (Å²) in [4.78, 5) is 3.91. The third kappa shape index (κ3) is 3.11. The van der Waals surface area contributed by atoms with Gasteiger partial charge in [0, 0.05) is 10.9 Å². The lowest BCUT2D eigenvalue weighted by molar-refractivity contribution is 0.597. The van der Waals surface area contributed by atoms with Gasteiger partial charge in [0.15, 0.2) is 0 Å². The maximum atomic E-state index is 13.7. The van der Waals surface area contributed by atoms with Gasteiger partial charge in [0.25, 0.3) is 0 Å². The normalized spacial score (nSPS) is 11.6.